The number of benzene rings is 1. The molecule has 0 aliphatic heterocycles. The first-order valence-electron chi connectivity index (χ1n) is 5.29. The van der Waals surface area contributed by atoms with Gasteiger partial charge in [0.2, 0.25) is 0 Å². The van der Waals surface area contributed by atoms with Gasteiger partial charge in [0.1, 0.15) is 10.0 Å². The number of alkyl halides is 3. The van der Waals surface area contributed by atoms with Crippen molar-refractivity contribution in [2.75, 3.05) is 0 Å². The van der Waals surface area contributed by atoms with Gasteiger partial charge in [0, 0.05) is 0 Å². The lowest BCUT2D eigenvalue weighted by atomic mass is 10.1. The number of nitrogens with zero attached hydrogens (tertiary/aromatic N) is 3. The lowest BCUT2D eigenvalue weighted by Gasteiger charge is -2.12. The molecule has 0 fully saturated rings. The largest absolute Gasteiger partial charge is 0.422 e. The zero-order valence-electron chi connectivity index (χ0n) is 10.3. The third kappa shape index (κ3) is 2.75. The van der Waals surface area contributed by atoms with E-state index >= 15 is 0 Å². The highest BCUT2D eigenvalue weighted by atomic mass is 79.9. The first-order valence-corrected chi connectivity index (χ1v) is 6.09. The molecule has 0 saturated heterocycles. The average molecular weight is 408 g/mol. The molecule has 2 aromatic rings. The second-order valence-electron chi connectivity index (χ2n) is 3.98. The van der Waals surface area contributed by atoms with E-state index in [1.807, 2.05) is 0 Å². The predicted molar refractivity (Wildman–Crippen MR) is 62.8 cm³/mol. The molecule has 0 aliphatic rings. The molecule has 0 saturated carbocycles. The van der Waals surface area contributed by atoms with Crippen molar-refractivity contribution < 1.29 is 35.7 Å². The fourth-order valence-electron chi connectivity index (χ4n) is 1.65. The molecule has 0 atom stereocenters. The normalized spacial score (nSPS) is 11.8. The lowest BCUT2D eigenvalue weighted by Crippen LogP contribution is -2.18. The molecule has 5 nitrogen and oxygen atoms in total. The molecule has 0 aliphatic carbocycles. The lowest BCUT2D eigenvalue weighted by molar-refractivity contribution is -0.390. The van der Waals surface area contributed by atoms with E-state index in [9.17, 15) is 40.8 Å². The summed E-state index contributed by atoms with van der Waals surface area (Å²) in [5, 5.41) is 13.6. The topological polar surface area (TPSA) is 61.0 Å². The summed E-state index contributed by atoms with van der Waals surface area (Å²) in [5.74, 6) is -11.2. The van der Waals surface area contributed by atoms with Gasteiger partial charge in [-0.15, -0.1) is 4.68 Å². The van der Waals surface area contributed by atoms with Crippen molar-refractivity contribution in [1.82, 2.24) is 9.78 Å². The SMILES string of the molecule is O=[N+]([O-])c1nn(-c2c(F)c(F)c(C(F)(F)F)c(F)c2F)cc1Br. The Morgan fingerprint density at radius 2 is 1.57 bits per heavy atom. The van der Waals surface area contributed by atoms with Crippen molar-refractivity contribution in [3.63, 3.8) is 0 Å². The van der Waals surface area contributed by atoms with E-state index < -0.39 is 55.9 Å². The van der Waals surface area contributed by atoms with E-state index in [2.05, 4.69) is 21.0 Å². The Bertz CT molecular complexity index is 789. The highest BCUT2D eigenvalue weighted by Crippen LogP contribution is 2.38. The van der Waals surface area contributed by atoms with Gasteiger partial charge in [-0.1, -0.05) is 0 Å². The van der Waals surface area contributed by atoms with Crippen molar-refractivity contribution in [2.24, 2.45) is 0 Å². The number of aromatic nitrogens is 2. The molecule has 2 rings (SSSR count). The summed E-state index contributed by atoms with van der Waals surface area (Å²) in [7, 11) is 0. The quantitative estimate of drug-likeness (QED) is 0.325. The van der Waals surface area contributed by atoms with Crippen LogP contribution in [0, 0.1) is 33.4 Å². The summed E-state index contributed by atoms with van der Waals surface area (Å²) < 4.78 is 91.3. The van der Waals surface area contributed by atoms with Crippen molar-refractivity contribution in [2.45, 2.75) is 6.18 Å². The zero-order valence-corrected chi connectivity index (χ0v) is 11.8. The van der Waals surface area contributed by atoms with Crippen LogP contribution in [0.1, 0.15) is 5.56 Å². The molecule has 1 aromatic carbocycles. The van der Waals surface area contributed by atoms with E-state index in [4.69, 9.17) is 0 Å². The fourth-order valence-corrected chi connectivity index (χ4v) is 2.07. The van der Waals surface area contributed by atoms with Crippen molar-refractivity contribution >= 4 is 21.7 Å². The van der Waals surface area contributed by atoms with Crippen LogP contribution in [-0.4, -0.2) is 14.7 Å². The van der Waals surface area contributed by atoms with E-state index in [0.29, 0.717) is 6.20 Å². The molecule has 0 spiro atoms. The molecule has 124 valence electrons. The van der Waals surface area contributed by atoms with Crippen molar-refractivity contribution in [3.8, 4) is 5.69 Å². The molecule has 13 heteroatoms. The number of hydrogen-bond acceptors (Lipinski definition) is 3. The molecular weight excluding hydrogens is 407 g/mol. The molecule has 1 heterocycles. The summed E-state index contributed by atoms with van der Waals surface area (Å²) in [5.41, 5.74) is -4.42. The molecule has 0 amide bonds. The van der Waals surface area contributed by atoms with Crippen LogP contribution in [0.4, 0.5) is 36.6 Å². The van der Waals surface area contributed by atoms with Gasteiger partial charge in [-0.2, -0.15) is 13.2 Å². The zero-order chi connectivity index (χ0) is 17.7. The predicted octanol–water partition coefficient (Wildman–Crippen LogP) is 4.12. The Kier molecular flexibility index (Phi) is 4.09. The molecular formula is C10HBrF7N3O2. The standard InChI is InChI=1S/C10HBrF7N3O2/c11-2-1-20(19-9(2)21(22)23)8-6(14)4(12)3(10(16,17)18)5(13)7(8)15/h1H. The van der Waals surface area contributed by atoms with Gasteiger partial charge in [0.05, 0.1) is 11.3 Å². The smallest absolute Gasteiger partial charge is 0.358 e. The van der Waals surface area contributed by atoms with E-state index in [-0.39, 0.29) is 4.68 Å². The second kappa shape index (κ2) is 5.47. The van der Waals surface area contributed by atoms with Crippen LogP contribution >= 0.6 is 15.9 Å². The molecule has 0 unspecified atom stereocenters. The average Bonchev–Trinajstić information content (AvgIpc) is 2.77. The Hall–Kier alpha value is -2.18. The van der Waals surface area contributed by atoms with Gasteiger partial charge < -0.3 is 10.1 Å². The monoisotopic (exact) mass is 407 g/mol. The maximum absolute atomic E-state index is 13.7. The maximum Gasteiger partial charge on any atom is 0.422 e. The first-order chi connectivity index (χ1) is 10.5. The van der Waals surface area contributed by atoms with Gasteiger partial charge in [-0.25, -0.2) is 17.6 Å². The van der Waals surface area contributed by atoms with E-state index in [0.717, 1.165) is 0 Å². The van der Waals surface area contributed by atoms with Crippen LogP contribution in [0.15, 0.2) is 10.7 Å². The van der Waals surface area contributed by atoms with Gasteiger partial charge >= 0.3 is 12.0 Å². The Morgan fingerprint density at radius 3 is 1.91 bits per heavy atom. The van der Waals surface area contributed by atoms with Crippen LogP contribution in [0.5, 0.6) is 0 Å². The van der Waals surface area contributed by atoms with Gasteiger partial charge in [0.15, 0.2) is 29.0 Å². The summed E-state index contributed by atoms with van der Waals surface area (Å²) >= 11 is 2.61. The Balaban J connectivity index is 2.80. The first kappa shape index (κ1) is 17.2. The summed E-state index contributed by atoms with van der Waals surface area (Å²) in [6.45, 7) is 0. The van der Waals surface area contributed by atoms with Gasteiger partial charge in [-0.05, 0) is 20.9 Å². The Labute approximate surface area is 129 Å². The maximum atomic E-state index is 13.7. The van der Waals surface area contributed by atoms with Gasteiger partial charge in [-0.3, -0.25) is 0 Å². The second-order valence-corrected chi connectivity index (χ2v) is 4.83. The highest BCUT2D eigenvalue weighted by molar-refractivity contribution is 9.10. The van der Waals surface area contributed by atoms with Crippen LogP contribution in [-0.2, 0) is 6.18 Å². The third-order valence-electron chi connectivity index (χ3n) is 2.58. The minimum Gasteiger partial charge on any atom is -0.358 e. The number of nitro groups is 1. The number of halogens is 8. The molecule has 0 bridgehead atoms. The third-order valence-corrected chi connectivity index (χ3v) is 3.14. The molecule has 0 radical (unpaired) electrons. The molecule has 0 N–H and O–H groups in total. The summed E-state index contributed by atoms with van der Waals surface area (Å²) in [6.07, 6.45) is -5.13. The van der Waals surface area contributed by atoms with Gasteiger partial charge in [0.25, 0.3) is 0 Å². The van der Waals surface area contributed by atoms with Crippen molar-refractivity contribution in [3.05, 3.63) is 49.6 Å². The van der Waals surface area contributed by atoms with Crippen LogP contribution in [0.2, 0.25) is 0 Å². The summed E-state index contributed by atoms with van der Waals surface area (Å²) in [6, 6.07) is 0. The van der Waals surface area contributed by atoms with E-state index in [1.54, 1.807) is 0 Å². The summed E-state index contributed by atoms with van der Waals surface area (Å²) in [4.78, 5) is 9.48. The number of rotatable bonds is 2. The fraction of sp³-hybridized carbons (Fsp3) is 0.100. The van der Waals surface area contributed by atoms with Crippen LogP contribution in [0.25, 0.3) is 5.69 Å². The number of hydrogen-bond donors (Lipinski definition) is 0. The van der Waals surface area contributed by atoms with Crippen LogP contribution < -0.4 is 0 Å². The highest BCUT2D eigenvalue weighted by Gasteiger charge is 2.43. The molecule has 1 aromatic heterocycles. The van der Waals surface area contributed by atoms with Crippen LogP contribution in [0.3, 0.4) is 0 Å². The Morgan fingerprint density at radius 1 is 1.09 bits per heavy atom. The van der Waals surface area contributed by atoms with Crippen molar-refractivity contribution in [1.29, 1.82) is 0 Å². The minimum absolute atomic E-state index is 0.0131. The molecule has 23 heavy (non-hydrogen) atoms. The minimum atomic E-state index is -5.69. The van der Waals surface area contributed by atoms with E-state index in [1.165, 1.54) is 0 Å².